The maximum absolute atomic E-state index is 4.25. The predicted octanol–water partition coefficient (Wildman–Crippen LogP) is 2.95. The fourth-order valence-corrected chi connectivity index (χ4v) is 0. The summed E-state index contributed by atoms with van der Waals surface area (Å²) in [5.74, 6) is 0. The molecule has 0 saturated carbocycles. The van der Waals surface area contributed by atoms with Gasteiger partial charge >= 0.3 is 0 Å². The summed E-state index contributed by atoms with van der Waals surface area (Å²) in [6, 6.07) is 0. The van der Waals surface area contributed by atoms with Crippen LogP contribution in [-0.2, 0) is 4.74 Å². The number of methoxy groups -OCH3 is 1. The molecule has 0 radical (unpaired) electrons. The van der Waals surface area contributed by atoms with Crippen LogP contribution in [0.1, 0.15) is 35.1 Å². The van der Waals surface area contributed by atoms with Crippen molar-refractivity contribution in [2.24, 2.45) is 0 Å². The Balaban J connectivity index is -0.0000000160. The summed E-state index contributed by atoms with van der Waals surface area (Å²) >= 11 is 0. The third-order valence-corrected chi connectivity index (χ3v) is 0. The molecule has 0 aromatic rings. The summed E-state index contributed by atoms with van der Waals surface area (Å²) in [6.45, 7) is 4.25. The molecular formula is C7H22O. The molecule has 0 amide bonds. The summed E-state index contributed by atoms with van der Waals surface area (Å²) in [4.78, 5) is 0. The first-order valence-corrected chi connectivity index (χ1v) is 2.23. The van der Waals surface area contributed by atoms with Crippen LogP contribution in [0.15, 0.2) is 0 Å². The summed E-state index contributed by atoms with van der Waals surface area (Å²) < 4.78 is 4.25. The van der Waals surface area contributed by atoms with Crippen LogP contribution in [-0.4, -0.2) is 14.2 Å². The van der Waals surface area contributed by atoms with Crippen LogP contribution in [0.3, 0.4) is 0 Å². The van der Waals surface area contributed by atoms with Gasteiger partial charge in [-0.05, 0) is 0 Å². The van der Waals surface area contributed by atoms with E-state index in [0.717, 1.165) is 0 Å². The second kappa shape index (κ2) is 64.4. The maximum atomic E-state index is 4.25. The van der Waals surface area contributed by atoms with Gasteiger partial charge in [-0.3, -0.25) is 0 Å². The Morgan fingerprint density at radius 1 is 1.00 bits per heavy atom. The van der Waals surface area contributed by atoms with Crippen LogP contribution in [0.25, 0.3) is 0 Å². The fourth-order valence-electron chi connectivity index (χ4n) is 0. The molecule has 0 aliphatic carbocycles. The van der Waals surface area contributed by atoms with Crippen LogP contribution in [0.5, 0.6) is 0 Å². The molecule has 0 aliphatic heterocycles. The van der Waals surface area contributed by atoms with E-state index < -0.39 is 0 Å². The fraction of sp³-hybridized carbons (Fsp3) is 1.00. The largest absolute Gasteiger partial charge is 0.388 e. The van der Waals surface area contributed by atoms with E-state index in [1.807, 2.05) is 0 Å². The van der Waals surface area contributed by atoms with E-state index in [2.05, 4.69) is 18.6 Å². The van der Waals surface area contributed by atoms with Gasteiger partial charge in [0, 0.05) is 14.2 Å². The first kappa shape index (κ1) is 24.6. The van der Waals surface area contributed by atoms with Crippen molar-refractivity contribution in [1.29, 1.82) is 0 Å². The van der Waals surface area contributed by atoms with Crippen molar-refractivity contribution in [3.8, 4) is 0 Å². The molecule has 0 spiro atoms. The van der Waals surface area contributed by atoms with Gasteiger partial charge in [-0.15, -0.1) is 0 Å². The predicted molar refractivity (Wildman–Crippen MR) is 42.4 cm³/mol. The molecule has 0 unspecified atom stereocenters. The Labute approximate surface area is 55.1 Å². The number of hydrogen-bond donors (Lipinski definition) is 0. The molecule has 0 saturated heterocycles. The highest BCUT2D eigenvalue weighted by Gasteiger charge is 1.35. The highest BCUT2D eigenvalue weighted by Crippen LogP contribution is 1.56. The summed E-state index contributed by atoms with van der Waals surface area (Å²) in [5, 5.41) is 0. The molecule has 0 bridgehead atoms. The molecule has 1 heteroatoms. The lowest BCUT2D eigenvalue weighted by molar-refractivity contribution is 0.277. The summed E-state index contributed by atoms with van der Waals surface area (Å²) in [6.07, 6.45) is 1.25. The molecule has 0 fully saturated rings. The minimum Gasteiger partial charge on any atom is -0.388 e. The van der Waals surface area contributed by atoms with Crippen LogP contribution in [0.4, 0.5) is 0 Å². The molecule has 0 rings (SSSR count). The van der Waals surface area contributed by atoms with Crippen molar-refractivity contribution >= 4 is 0 Å². The highest BCUT2D eigenvalue weighted by molar-refractivity contribution is 3.92. The second-order valence-corrected chi connectivity index (χ2v) is 1.12. The third-order valence-electron chi connectivity index (χ3n) is 0. The Kier molecular flexibility index (Phi) is 198. The van der Waals surface area contributed by atoms with E-state index in [1.165, 1.54) is 6.42 Å². The first-order chi connectivity index (χ1) is 2.83. The minimum atomic E-state index is 0. The Bertz CT molecular complexity index is 6.35. The minimum absolute atomic E-state index is 0. The van der Waals surface area contributed by atoms with Gasteiger partial charge in [0.1, 0.15) is 0 Å². The zero-order chi connectivity index (χ0) is 5.41. The molecular weight excluding hydrogens is 100 g/mol. The van der Waals surface area contributed by atoms with Gasteiger partial charge in [0.15, 0.2) is 0 Å². The standard InChI is InChI=1S/C3H8.C2H6O.2CH4/c2*1-3-2;;/h3H2,1-2H3;1-2H3;2*1H4. The SMILES string of the molecule is C.C.CCC.COC. The lowest BCUT2D eigenvalue weighted by Crippen LogP contribution is -1.55. The van der Waals surface area contributed by atoms with Crippen molar-refractivity contribution in [2.45, 2.75) is 35.1 Å². The average Bonchev–Trinajstić information content (AvgIpc) is 1.39. The molecule has 0 aromatic carbocycles. The van der Waals surface area contributed by atoms with Crippen LogP contribution in [0, 0.1) is 0 Å². The zero-order valence-electron chi connectivity index (χ0n) is 5.12. The van der Waals surface area contributed by atoms with Gasteiger partial charge in [-0.1, -0.05) is 35.1 Å². The molecule has 0 N–H and O–H groups in total. The van der Waals surface area contributed by atoms with Crippen molar-refractivity contribution in [3.05, 3.63) is 0 Å². The van der Waals surface area contributed by atoms with E-state index in [1.54, 1.807) is 14.2 Å². The quantitative estimate of drug-likeness (QED) is 0.480. The maximum Gasteiger partial charge on any atom is 0.0351 e. The van der Waals surface area contributed by atoms with Crippen molar-refractivity contribution in [2.75, 3.05) is 14.2 Å². The smallest absolute Gasteiger partial charge is 0.0351 e. The molecule has 0 aliphatic rings. The van der Waals surface area contributed by atoms with Gasteiger partial charge in [0.05, 0.1) is 0 Å². The van der Waals surface area contributed by atoms with E-state index in [-0.39, 0.29) is 14.9 Å². The average molecular weight is 122 g/mol. The number of rotatable bonds is 0. The van der Waals surface area contributed by atoms with E-state index in [0.29, 0.717) is 0 Å². The molecule has 8 heavy (non-hydrogen) atoms. The zero-order valence-corrected chi connectivity index (χ0v) is 5.12. The van der Waals surface area contributed by atoms with Gasteiger partial charge < -0.3 is 4.74 Å². The van der Waals surface area contributed by atoms with E-state index >= 15 is 0 Å². The summed E-state index contributed by atoms with van der Waals surface area (Å²) in [7, 11) is 3.25. The summed E-state index contributed by atoms with van der Waals surface area (Å²) in [5.41, 5.74) is 0. The third kappa shape index (κ3) is 91600. The molecule has 1 nitrogen and oxygen atoms in total. The van der Waals surface area contributed by atoms with Crippen LogP contribution in [0.2, 0.25) is 0 Å². The number of hydrogen-bond acceptors (Lipinski definition) is 1. The normalized spacial score (nSPS) is 4.50. The van der Waals surface area contributed by atoms with Gasteiger partial charge in [0.25, 0.3) is 0 Å². The van der Waals surface area contributed by atoms with Crippen LogP contribution < -0.4 is 0 Å². The Hall–Kier alpha value is -0.0400. The molecule has 0 heterocycles. The molecule has 0 aromatic heterocycles. The van der Waals surface area contributed by atoms with Crippen LogP contribution >= 0.6 is 0 Å². The lowest BCUT2D eigenvalue weighted by Gasteiger charge is -1.61. The Morgan fingerprint density at radius 2 is 1.00 bits per heavy atom. The lowest BCUT2D eigenvalue weighted by atomic mass is 10.6. The van der Waals surface area contributed by atoms with Crippen molar-refractivity contribution in [1.82, 2.24) is 0 Å². The van der Waals surface area contributed by atoms with Crippen molar-refractivity contribution < 1.29 is 4.74 Å². The molecule has 56 valence electrons. The number of ether oxygens (including phenoxy) is 1. The first-order valence-electron chi connectivity index (χ1n) is 2.23. The van der Waals surface area contributed by atoms with E-state index in [9.17, 15) is 0 Å². The Morgan fingerprint density at radius 3 is 1.00 bits per heavy atom. The molecule has 0 atom stereocenters. The van der Waals surface area contributed by atoms with Crippen molar-refractivity contribution in [3.63, 3.8) is 0 Å². The highest BCUT2D eigenvalue weighted by atomic mass is 16.4. The topological polar surface area (TPSA) is 9.23 Å². The monoisotopic (exact) mass is 122 g/mol. The second-order valence-electron chi connectivity index (χ2n) is 1.12. The van der Waals surface area contributed by atoms with Gasteiger partial charge in [0.2, 0.25) is 0 Å². The van der Waals surface area contributed by atoms with Gasteiger partial charge in [-0.25, -0.2) is 0 Å². The van der Waals surface area contributed by atoms with E-state index in [4.69, 9.17) is 0 Å². The van der Waals surface area contributed by atoms with Gasteiger partial charge in [-0.2, -0.15) is 0 Å².